The molecule has 0 spiro atoms. The van der Waals surface area contributed by atoms with Crippen LogP contribution in [0.1, 0.15) is 11.3 Å². The maximum atomic E-state index is 13.8. The zero-order valence-electron chi connectivity index (χ0n) is 19.4. The average molecular weight is 531 g/mol. The Kier molecular flexibility index (Phi) is 7.26. The number of halogens is 4. The SMILES string of the molecule is COc1ccc(/C=C/C(=O)Oc2ccc3c(=O)c(-c4ccc(Cl)cc4)c(C(F)(F)F)oc3c2)cc1OC. The molecule has 0 atom stereocenters. The molecule has 0 N–H and O–H groups in total. The van der Waals surface area contributed by atoms with Crippen LogP contribution in [0.4, 0.5) is 13.2 Å². The number of fused-ring (bicyclic) bond motifs is 1. The van der Waals surface area contributed by atoms with Gasteiger partial charge < -0.3 is 18.6 Å². The van der Waals surface area contributed by atoms with Gasteiger partial charge in [0.05, 0.1) is 25.2 Å². The molecule has 190 valence electrons. The quantitative estimate of drug-likeness (QED) is 0.156. The van der Waals surface area contributed by atoms with Gasteiger partial charge >= 0.3 is 12.1 Å². The summed E-state index contributed by atoms with van der Waals surface area (Å²) in [5.41, 5.74) is -1.29. The van der Waals surface area contributed by atoms with Crippen molar-refractivity contribution in [1.29, 1.82) is 0 Å². The van der Waals surface area contributed by atoms with E-state index >= 15 is 0 Å². The number of rotatable bonds is 6. The fourth-order valence-corrected chi connectivity index (χ4v) is 3.71. The largest absolute Gasteiger partial charge is 0.493 e. The van der Waals surface area contributed by atoms with Gasteiger partial charge in [0, 0.05) is 17.2 Å². The number of ether oxygens (including phenoxy) is 3. The van der Waals surface area contributed by atoms with Crippen molar-refractivity contribution in [2.45, 2.75) is 6.18 Å². The fraction of sp³-hybridized carbons (Fsp3) is 0.111. The van der Waals surface area contributed by atoms with Crippen molar-refractivity contribution in [1.82, 2.24) is 0 Å². The summed E-state index contributed by atoms with van der Waals surface area (Å²) >= 11 is 5.83. The van der Waals surface area contributed by atoms with Gasteiger partial charge in [0.1, 0.15) is 11.3 Å². The van der Waals surface area contributed by atoms with Gasteiger partial charge in [0.25, 0.3) is 0 Å². The minimum atomic E-state index is -4.96. The van der Waals surface area contributed by atoms with Crippen molar-refractivity contribution in [3.63, 3.8) is 0 Å². The molecule has 0 radical (unpaired) electrons. The second kappa shape index (κ2) is 10.4. The highest BCUT2D eigenvalue weighted by Crippen LogP contribution is 2.38. The van der Waals surface area contributed by atoms with Crippen molar-refractivity contribution in [3.8, 4) is 28.4 Å². The molecule has 0 aliphatic carbocycles. The number of alkyl halides is 3. The Morgan fingerprint density at radius 2 is 1.65 bits per heavy atom. The maximum absolute atomic E-state index is 13.8. The molecule has 4 aromatic rings. The van der Waals surface area contributed by atoms with Crippen LogP contribution in [0.2, 0.25) is 5.02 Å². The van der Waals surface area contributed by atoms with Gasteiger partial charge in [-0.25, -0.2) is 4.79 Å². The van der Waals surface area contributed by atoms with E-state index in [1.807, 2.05) is 0 Å². The lowest BCUT2D eigenvalue weighted by Gasteiger charge is -2.13. The lowest BCUT2D eigenvalue weighted by atomic mass is 10.0. The Morgan fingerprint density at radius 3 is 2.30 bits per heavy atom. The van der Waals surface area contributed by atoms with E-state index in [4.69, 9.17) is 30.2 Å². The third kappa shape index (κ3) is 5.62. The summed E-state index contributed by atoms with van der Waals surface area (Å²) in [6.07, 6.45) is -2.37. The monoisotopic (exact) mass is 530 g/mol. The lowest BCUT2D eigenvalue weighted by Crippen LogP contribution is -2.16. The number of hydrogen-bond acceptors (Lipinski definition) is 6. The van der Waals surface area contributed by atoms with Crippen molar-refractivity contribution >= 4 is 34.6 Å². The molecule has 0 saturated carbocycles. The van der Waals surface area contributed by atoms with E-state index in [2.05, 4.69) is 0 Å². The van der Waals surface area contributed by atoms with E-state index in [-0.39, 0.29) is 22.3 Å². The normalized spacial score (nSPS) is 11.6. The molecule has 0 bridgehead atoms. The minimum Gasteiger partial charge on any atom is -0.493 e. The van der Waals surface area contributed by atoms with Crippen molar-refractivity contribution < 1.29 is 36.6 Å². The first-order valence-corrected chi connectivity index (χ1v) is 11.0. The van der Waals surface area contributed by atoms with E-state index < -0.39 is 28.9 Å². The number of esters is 1. The van der Waals surface area contributed by atoms with Gasteiger partial charge in [0.15, 0.2) is 11.5 Å². The zero-order valence-corrected chi connectivity index (χ0v) is 20.1. The third-order valence-electron chi connectivity index (χ3n) is 5.29. The van der Waals surface area contributed by atoms with E-state index in [1.54, 1.807) is 18.2 Å². The van der Waals surface area contributed by atoms with E-state index in [0.717, 1.165) is 12.1 Å². The minimum absolute atomic E-state index is 0.00294. The number of carbonyl (C=O) groups is 1. The molecule has 0 aliphatic heterocycles. The number of hydrogen-bond donors (Lipinski definition) is 0. The predicted molar refractivity (Wildman–Crippen MR) is 132 cm³/mol. The molecule has 1 aromatic heterocycles. The Labute approximate surface area is 213 Å². The Morgan fingerprint density at radius 1 is 0.946 bits per heavy atom. The summed E-state index contributed by atoms with van der Waals surface area (Å²) in [5.74, 6) is -1.40. The molecule has 6 nitrogen and oxygen atoms in total. The van der Waals surface area contributed by atoms with Crippen LogP contribution in [-0.2, 0) is 11.0 Å². The standard InChI is InChI=1S/C27H18ClF3O6/c1-34-20-11-3-15(13-22(20)35-2)4-12-23(32)36-18-9-10-19-21(14-18)37-26(27(29,30)31)24(25(19)33)16-5-7-17(28)8-6-16/h3-14H,1-2H3/b12-4+. The molecule has 0 unspecified atom stereocenters. The predicted octanol–water partition coefficient (Wildman–Crippen LogP) is 6.77. The number of carbonyl (C=O) groups excluding carboxylic acids is 1. The molecule has 3 aromatic carbocycles. The average Bonchev–Trinajstić information content (AvgIpc) is 2.87. The first-order valence-electron chi connectivity index (χ1n) is 10.7. The second-order valence-electron chi connectivity index (χ2n) is 7.67. The Bertz CT molecular complexity index is 1560. The first-order chi connectivity index (χ1) is 17.6. The van der Waals surface area contributed by atoms with Gasteiger partial charge in [0.2, 0.25) is 11.2 Å². The first kappa shape index (κ1) is 25.8. The van der Waals surface area contributed by atoms with Crippen LogP contribution in [0.15, 0.2) is 76.0 Å². The molecule has 0 amide bonds. The van der Waals surface area contributed by atoms with Crippen LogP contribution in [0.5, 0.6) is 17.2 Å². The maximum Gasteiger partial charge on any atom is 0.450 e. The molecule has 1 heterocycles. The van der Waals surface area contributed by atoms with Crippen LogP contribution in [0.25, 0.3) is 28.2 Å². The summed E-state index contributed by atoms with van der Waals surface area (Å²) in [4.78, 5) is 25.4. The van der Waals surface area contributed by atoms with Crippen molar-refractivity contribution in [2.75, 3.05) is 14.2 Å². The van der Waals surface area contributed by atoms with Gasteiger partial charge in [-0.2, -0.15) is 13.2 Å². The Balaban J connectivity index is 1.66. The van der Waals surface area contributed by atoms with Crippen LogP contribution in [-0.4, -0.2) is 20.2 Å². The van der Waals surface area contributed by atoms with Crippen LogP contribution in [0, 0.1) is 0 Å². The Hall–Kier alpha value is -4.24. The highest BCUT2D eigenvalue weighted by molar-refractivity contribution is 6.30. The molecule has 0 fully saturated rings. The van der Waals surface area contributed by atoms with Gasteiger partial charge in [-0.1, -0.05) is 29.8 Å². The summed E-state index contributed by atoms with van der Waals surface area (Å²) < 4.78 is 62.2. The molecule has 4 rings (SSSR count). The highest BCUT2D eigenvalue weighted by Gasteiger charge is 2.39. The van der Waals surface area contributed by atoms with Crippen LogP contribution >= 0.6 is 11.6 Å². The summed E-state index contributed by atoms with van der Waals surface area (Å²) in [7, 11) is 2.97. The van der Waals surface area contributed by atoms with E-state index in [1.165, 1.54) is 56.7 Å². The van der Waals surface area contributed by atoms with Crippen molar-refractivity contribution in [3.05, 3.63) is 93.3 Å². The van der Waals surface area contributed by atoms with Crippen LogP contribution < -0.4 is 19.6 Å². The fourth-order valence-electron chi connectivity index (χ4n) is 3.59. The highest BCUT2D eigenvalue weighted by atomic mass is 35.5. The molecule has 37 heavy (non-hydrogen) atoms. The molecular formula is C27H18ClF3O6. The molecule has 10 heteroatoms. The van der Waals surface area contributed by atoms with Gasteiger partial charge in [-0.05, 0) is 53.6 Å². The smallest absolute Gasteiger partial charge is 0.450 e. The van der Waals surface area contributed by atoms with Crippen molar-refractivity contribution in [2.24, 2.45) is 0 Å². The van der Waals surface area contributed by atoms with Gasteiger partial charge in [-0.15, -0.1) is 0 Å². The van der Waals surface area contributed by atoms with Gasteiger partial charge in [-0.3, -0.25) is 4.79 Å². The van der Waals surface area contributed by atoms with Crippen LogP contribution in [0.3, 0.4) is 0 Å². The molecular weight excluding hydrogens is 513 g/mol. The van der Waals surface area contributed by atoms with E-state index in [0.29, 0.717) is 22.1 Å². The summed E-state index contributed by atoms with van der Waals surface area (Å²) in [6, 6.07) is 13.9. The molecule has 0 aliphatic rings. The second-order valence-corrected chi connectivity index (χ2v) is 8.10. The zero-order chi connectivity index (χ0) is 26.7. The number of benzene rings is 3. The third-order valence-corrected chi connectivity index (χ3v) is 5.54. The lowest BCUT2D eigenvalue weighted by molar-refractivity contribution is -0.152. The topological polar surface area (TPSA) is 75.0 Å². The van der Waals surface area contributed by atoms with E-state index in [9.17, 15) is 22.8 Å². The summed E-state index contributed by atoms with van der Waals surface area (Å²) in [6.45, 7) is 0. The number of methoxy groups -OCH3 is 2. The molecule has 0 saturated heterocycles. The summed E-state index contributed by atoms with van der Waals surface area (Å²) in [5, 5.41) is 0.188.